The average Bonchev–Trinajstić information content (AvgIpc) is 2.65. The first-order valence-electron chi connectivity index (χ1n) is 7.75. The van der Waals surface area contributed by atoms with E-state index in [2.05, 4.69) is 9.72 Å². The summed E-state index contributed by atoms with van der Waals surface area (Å²) in [7, 11) is 1.21. The molecule has 1 aromatic heterocycles. The molecule has 0 aliphatic carbocycles. The van der Waals surface area contributed by atoms with E-state index in [-0.39, 0.29) is 13.1 Å². The predicted molar refractivity (Wildman–Crippen MR) is 86.5 cm³/mol. The minimum Gasteiger partial charge on any atom is -0.469 e. The number of hydrogen-bond donors (Lipinski definition) is 0. The van der Waals surface area contributed by atoms with Crippen LogP contribution in [0.5, 0.6) is 0 Å². The number of carbonyl (C=O) groups is 2. The number of benzene rings is 1. The second-order valence-electron chi connectivity index (χ2n) is 5.65. The molecular formula is C18H17F3N2O3. The zero-order valence-corrected chi connectivity index (χ0v) is 14.2. The van der Waals surface area contributed by atoms with E-state index in [1.165, 1.54) is 20.2 Å². The third-order valence-corrected chi connectivity index (χ3v) is 3.73. The van der Waals surface area contributed by atoms with Gasteiger partial charge in [0.1, 0.15) is 0 Å². The van der Waals surface area contributed by atoms with Gasteiger partial charge in [-0.15, -0.1) is 0 Å². The highest BCUT2D eigenvalue weighted by molar-refractivity contribution is 5.94. The van der Waals surface area contributed by atoms with Crippen LogP contribution in [0.15, 0.2) is 36.5 Å². The Balaban J connectivity index is 2.34. The number of ether oxygens (including phenoxy) is 1. The van der Waals surface area contributed by atoms with Gasteiger partial charge in [-0.3, -0.25) is 14.6 Å². The molecule has 0 saturated heterocycles. The number of carbonyl (C=O) groups excluding carboxylic acids is 2. The smallest absolute Gasteiger partial charge is 0.310 e. The summed E-state index contributed by atoms with van der Waals surface area (Å²) in [6.07, 6.45) is 1.51. The SMILES string of the molecule is COC(=O)C(C)CN(Cc1ccccn1)C(=O)c1ccc(F)c(F)c1F. The van der Waals surface area contributed by atoms with Gasteiger partial charge < -0.3 is 9.64 Å². The van der Waals surface area contributed by atoms with Crippen molar-refractivity contribution in [2.24, 2.45) is 5.92 Å². The summed E-state index contributed by atoms with van der Waals surface area (Å²) in [4.78, 5) is 29.6. The van der Waals surface area contributed by atoms with Gasteiger partial charge in [-0.25, -0.2) is 13.2 Å². The van der Waals surface area contributed by atoms with Gasteiger partial charge in [0, 0.05) is 12.7 Å². The van der Waals surface area contributed by atoms with Crippen molar-refractivity contribution in [3.63, 3.8) is 0 Å². The molecule has 0 N–H and O–H groups in total. The molecule has 0 spiro atoms. The molecule has 1 aromatic carbocycles. The first-order chi connectivity index (χ1) is 12.3. The number of hydrogen-bond acceptors (Lipinski definition) is 4. The number of aromatic nitrogens is 1. The maximum atomic E-state index is 14.0. The van der Waals surface area contributed by atoms with Crippen LogP contribution in [0.4, 0.5) is 13.2 Å². The average molecular weight is 366 g/mol. The van der Waals surface area contributed by atoms with Gasteiger partial charge in [-0.2, -0.15) is 0 Å². The van der Waals surface area contributed by atoms with Crippen LogP contribution in [-0.2, 0) is 16.1 Å². The molecule has 1 heterocycles. The lowest BCUT2D eigenvalue weighted by atomic mass is 10.1. The highest BCUT2D eigenvalue weighted by atomic mass is 19.2. The van der Waals surface area contributed by atoms with E-state index >= 15 is 0 Å². The van der Waals surface area contributed by atoms with Crippen LogP contribution < -0.4 is 0 Å². The molecule has 8 heteroatoms. The molecule has 1 unspecified atom stereocenters. The maximum absolute atomic E-state index is 14.0. The van der Waals surface area contributed by atoms with Crippen LogP contribution in [0.25, 0.3) is 0 Å². The summed E-state index contributed by atoms with van der Waals surface area (Å²) in [5.41, 5.74) is -0.141. The van der Waals surface area contributed by atoms with Crippen molar-refractivity contribution in [3.05, 3.63) is 65.2 Å². The zero-order valence-electron chi connectivity index (χ0n) is 14.2. The summed E-state index contributed by atoms with van der Waals surface area (Å²) >= 11 is 0. The Morgan fingerprint density at radius 1 is 1.15 bits per heavy atom. The number of amides is 1. The molecule has 1 amide bonds. The third-order valence-electron chi connectivity index (χ3n) is 3.73. The Hall–Kier alpha value is -2.90. The molecule has 0 bridgehead atoms. The van der Waals surface area contributed by atoms with E-state index in [1.807, 2.05) is 0 Å². The molecule has 0 saturated carbocycles. The van der Waals surface area contributed by atoms with Crippen LogP contribution in [-0.4, -0.2) is 35.4 Å². The van der Waals surface area contributed by atoms with E-state index in [4.69, 9.17) is 0 Å². The van der Waals surface area contributed by atoms with Gasteiger partial charge in [0.05, 0.1) is 30.8 Å². The van der Waals surface area contributed by atoms with Crippen LogP contribution in [0, 0.1) is 23.4 Å². The van der Waals surface area contributed by atoms with Crippen LogP contribution in [0.3, 0.4) is 0 Å². The normalized spacial score (nSPS) is 11.7. The second kappa shape index (κ2) is 8.46. The fourth-order valence-electron chi connectivity index (χ4n) is 2.37. The van der Waals surface area contributed by atoms with E-state index in [1.54, 1.807) is 18.2 Å². The molecule has 0 fully saturated rings. The zero-order chi connectivity index (χ0) is 19.3. The summed E-state index contributed by atoms with van der Waals surface area (Å²) < 4.78 is 45.2. The number of esters is 1. The summed E-state index contributed by atoms with van der Waals surface area (Å²) in [6, 6.07) is 6.57. The molecular weight excluding hydrogens is 349 g/mol. The summed E-state index contributed by atoms with van der Waals surface area (Å²) in [6.45, 7) is 1.38. The highest BCUT2D eigenvalue weighted by Gasteiger charge is 2.27. The van der Waals surface area contributed by atoms with Crippen molar-refractivity contribution in [1.29, 1.82) is 0 Å². The van der Waals surface area contributed by atoms with Gasteiger partial charge in [0.15, 0.2) is 17.5 Å². The number of nitrogens with zero attached hydrogens (tertiary/aromatic N) is 2. The maximum Gasteiger partial charge on any atom is 0.310 e. The Labute approximate surface area is 148 Å². The standard InChI is InChI=1S/C18H17F3N2O3/c1-11(18(25)26-2)9-23(10-12-5-3-4-8-22-12)17(24)13-6-7-14(19)16(21)15(13)20/h3-8,11H,9-10H2,1-2H3. The summed E-state index contributed by atoms with van der Waals surface area (Å²) in [5.74, 6) is -6.85. The lowest BCUT2D eigenvalue weighted by Crippen LogP contribution is -2.37. The minimum atomic E-state index is -1.73. The molecule has 138 valence electrons. The predicted octanol–water partition coefficient (Wildman–Crippen LogP) is 2.95. The Morgan fingerprint density at radius 2 is 1.88 bits per heavy atom. The van der Waals surface area contributed by atoms with Crippen molar-refractivity contribution < 1.29 is 27.5 Å². The van der Waals surface area contributed by atoms with E-state index < -0.39 is 40.8 Å². The molecule has 5 nitrogen and oxygen atoms in total. The Morgan fingerprint density at radius 3 is 2.50 bits per heavy atom. The van der Waals surface area contributed by atoms with Gasteiger partial charge >= 0.3 is 5.97 Å². The fourth-order valence-corrected chi connectivity index (χ4v) is 2.37. The molecule has 2 rings (SSSR count). The fraction of sp³-hybridized carbons (Fsp3) is 0.278. The van der Waals surface area contributed by atoms with Gasteiger partial charge in [-0.05, 0) is 24.3 Å². The first-order valence-corrected chi connectivity index (χ1v) is 7.75. The van der Waals surface area contributed by atoms with Crippen LogP contribution >= 0.6 is 0 Å². The number of halogens is 3. The second-order valence-corrected chi connectivity index (χ2v) is 5.65. The Kier molecular flexibility index (Phi) is 6.32. The number of methoxy groups -OCH3 is 1. The molecule has 2 aromatic rings. The number of pyridine rings is 1. The van der Waals surface area contributed by atoms with Crippen LogP contribution in [0.2, 0.25) is 0 Å². The molecule has 1 atom stereocenters. The topological polar surface area (TPSA) is 59.5 Å². The lowest BCUT2D eigenvalue weighted by Gasteiger charge is -2.25. The molecule has 0 aliphatic heterocycles. The highest BCUT2D eigenvalue weighted by Crippen LogP contribution is 2.19. The Bertz CT molecular complexity index is 800. The van der Waals surface area contributed by atoms with Crippen molar-refractivity contribution in [1.82, 2.24) is 9.88 Å². The van der Waals surface area contributed by atoms with Crippen LogP contribution in [0.1, 0.15) is 23.0 Å². The quantitative estimate of drug-likeness (QED) is 0.583. The molecule has 26 heavy (non-hydrogen) atoms. The lowest BCUT2D eigenvalue weighted by molar-refractivity contribution is -0.145. The monoisotopic (exact) mass is 366 g/mol. The van der Waals surface area contributed by atoms with E-state index in [9.17, 15) is 22.8 Å². The van der Waals surface area contributed by atoms with Gasteiger partial charge in [0.25, 0.3) is 5.91 Å². The van der Waals surface area contributed by atoms with E-state index in [0.29, 0.717) is 11.8 Å². The van der Waals surface area contributed by atoms with E-state index in [0.717, 1.165) is 11.0 Å². The largest absolute Gasteiger partial charge is 0.469 e. The van der Waals surface area contributed by atoms with Crippen molar-refractivity contribution in [3.8, 4) is 0 Å². The third kappa shape index (κ3) is 4.38. The summed E-state index contributed by atoms with van der Waals surface area (Å²) in [5, 5.41) is 0. The minimum absolute atomic E-state index is 0.0422. The van der Waals surface area contributed by atoms with Crippen molar-refractivity contribution >= 4 is 11.9 Å². The molecule has 0 aliphatic rings. The molecule has 0 radical (unpaired) electrons. The first kappa shape index (κ1) is 19.4. The van der Waals surface area contributed by atoms with Crippen molar-refractivity contribution in [2.45, 2.75) is 13.5 Å². The van der Waals surface area contributed by atoms with Crippen molar-refractivity contribution in [2.75, 3.05) is 13.7 Å². The number of rotatable bonds is 6. The van der Waals surface area contributed by atoms with Gasteiger partial charge in [-0.1, -0.05) is 13.0 Å². The van der Waals surface area contributed by atoms with Gasteiger partial charge in [0.2, 0.25) is 0 Å².